The van der Waals surface area contributed by atoms with Gasteiger partial charge in [0.25, 0.3) is 0 Å². The first-order chi connectivity index (χ1) is 11.7. The third kappa shape index (κ3) is 2.30. The van der Waals surface area contributed by atoms with Gasteiger partial charge in [-0.15, -0.1) is 0 Å². The van der Waals surface area contributed by atoms with Crippen LogP contribution in [0.5, 0.6) is 0 Å². The predicted molar refractivity (Wildman–Crippen MR) is 83.7 cm³/mol. The first-order valence-electron chi connectivity index (χ1n) is 8.62. The summed E-state index contributed by atoms with van der Waals surface area (Å²) in [7, 11) is 0. The number of amides is 1. The van der Waals surface area contributed by atoms with Gasteiger partial charge in [0, 0.05) is 17.9 Å². The molecule has 1 N–H and O–H groups in total. The van der Waals surface area contributed by atoms with Crippen molar-refractivity contribution in [3.05, 3.63) is 24.5 Å². The molecule has 7 heteroatoms. The molecule has 7 nitrogen and oxygen atoms in total. The molecule has 2 aromatic heterocycles. The molecule has 0 spiro atoms. The van der Waals surface area contributed by atoms with Crippen LogP contribution in [-0.4, -0.2) is 31.6 Å². The van der Waals surface area contributed by atoms with E-state index >= 15 is 0 Å². The van der Waals surface area contributed by atoms with E-state index in [9.17, 15) is 4.79 Å². The van der Waals surface area contributed by atoms with Gasteiger partial charge in [0.1, 0.15) is 5.69 Å². The van der Waals surface area contributed by atoms with Crippen molar-refractivity contribution < 1.29 is 9.32 Å². The lowest BCUT2D eigenvalue weighted by Crippen LogP contribution is -2.59. The van der Waals surface area contributed by atoms with E-state index in [0.717, 1.165) is 37.0 Å². The lowest BCUT2D eigenvalue weighted by atomic mass is 9.53. The van der Waals surface area contributed by atoms with Crippen molar-refractivity contribution in [3.63, 3.8) is 0 Å². The molecule has 0 atom stereocenters. The van der Waals surface area contributed by atoms with Crippen molar-refractivity contribution in [1.29, 1.82) is 0 Å². The van der Waals surface area contributed by atoms with E-state index in [0.29, 0.717) is 11.5 Å². The minimum atomic E-state index is -0.264. The second-order valence-electron chi connectivity index (χ2n) is 7.67. The van der Waals surface area contributed by atoms with Crippen molar-refractivity contribution in [3.8, 4) is 11.5 Å². The van der Waals surface area contributed by atoms with Crippen LogP contribution in [0.25, 0.3) is 11.5 Å². The standard InChI is InChI=1S/C17H19N5O2/c23-15(16-20-14(22-24-16)13-9-18-1-2-19-13)21-17-6-10-3-11(7-17)5-12(4-10)8-17/h1-2,9-12H,3-8H2,(H,21,23). The van der Waals surface area contributed by atoms with E-state index in [1.54, 1.807) is 18.6 Å². The normalized spacial score (nSPS) is 33.6. The van der Waals surface area contributed by atoms with Crippen molar-refractivity contribution in [2.75, 3.05) is 0 Å². The Balaban J connectivity index is 1.35. The first-order valence-corrected chi connectivity index (χ1v) is 8.62. The van der Waals surface area contributed by atoms with Crippen molar-refractivity contribution in [2.24, 2.45) is 17.8 Å². The number of hydrogen-bond donors (Lipinski definition) is 1. The van der Waals surface area contributed by atoms with Gasteiger partial charge < -0.3 is 9.84 Å². The van der Waals surface area contributed by atoms with Gasteiger partial charge in [-0.1, -0.05) is 5.16 Å². The fourth-order valence-electron chi connectivity index (χ4n) is 5.39. The van der Waals surface area contributed by atoms with Gasteiger partial charge in [-0.25, -0.2) is 4.98 Å². The first kappa shape index (κ1) is 14.1. The Bertz CT molecular complexity index is 737. The highest BCUT2D eigenvalue weighted by atomic mass is 16.5. The van der Waals surface area contributed by atoms with Crippen LogP contribution >= 0.6 is 0 Å². The van der Waals surface area contributed by atoms with E-state index in [1.807, 2.05) is 0 Å². The highest BCUT2D eigenvalue weighted by Gasteiger charge is 2.51. The summed E-state index contributed by atoms with van der Waals surface area (Å²) in [5.41, 5.74) is 0.433. The van der Waals surface area contributed by atoms with Gasteiger partial charge >= 0.3 is 11.8 Å². The van der Waals surface area contributed by atoms with Crippen LogP contribution in [0.4, 0.5) is 0 Å². The van der Waals surface area contributed by atoms with E-state index in [2.05, 4.69) is 25.4 Å². The van der Waals surface area contributed by atoms with Crippen LogP contribution in [0.2, 0.25) is 0 Å². The van der Waals surface area contributed by atoms with E-state index in [-0.39, 0.29) is 17.3 Å². The topological polar surface area (TPSA) is 93.8 Å². The summed E-state index contributed by atoms with van der Waals surface area (Å²) in [5, 5.41) is 7.09. The van der Waals surface area contributed by atoms with Gasteiger partial charge in [0.05, 0.1) is 6.20 Å². The Kier molecular flexibility index (Phi) is 2.98. The second kappa shape index (κ2) is 5.09. The van der Waals surface area contributed by atoms with Crippen LogP contribution in [0, 0.1) is 17.8 Å². The Morgan fingerprint density at radius 2 is 1.83 bits per heavy atom. The summed E-state index contributed by atoms with van der Waals surface area (Å²) in [6, 6.07) is 0. The summed E-state index contributed by atoms with van der Waals surface area (Å²) in [5.74, 6) is 2.35. The van der Waals surface area contributed by atoms with Crippen LogP contribution in [0.1, 0.15) is 49.2 Å². The minimum absolute atomic E-state index is 0.00592. The Morgan fingerprint density at radius 1 is 1.12 bits per heavy atom. The predicted octanol–water partition coefficient (Wildman–Crippen LogP) is 2.23. The van der Waals surface area contributed by atoms with Gasteiger partial charge in [-0.3, -0.25) is 9.78 Å². The maximum Gasteiger partial charge on any atom is 0.316 e. The molecule has 4 bridgehead atoms. The zero-order chi connectivity index (χ0) is 16.1. The molecule has 1 amide bonds. The van der Waals surface area contributed by atoms with Crippen molar-refractivity contribution in [2.45, 2.75) is 44.1 Å². The third-order valence-electron chi connectivity index (χ3n) is 5.83. The summed E-state index contributed by atoms with van der Waals surface area (Å²) >= 11 is 0. The summed E-state index contributed by atoms with van der Waals surface area (Å²) < 4.78 is 5.15. The van der Waals surface area contributed by atoms with E-state index < -0.39 is 0 Å². The minimum Gasteiger partial charge on any atom is -0.342 e. The molecule has 0 saturated heterocycles. The number of rotatable bonds is 3. The van der Waals surface area contributed by atoms with E-state index in [4.69, 9.17) is 4.52 Å². The number of aromatic nitrogens is 4. The molecule has 0 aliphatic heterocycles. The molecule has 24 heavy (non-hydrogen) atoms. The Morgan fingerprint density at radius 3 is 2.46 bits per heavy atom. The highest BCUT2D eigenvalue weighted by molar-refractivity contribution is 5.90. The molecule has 0 unspecified atom stereocenters. The number of carbonyl (C=O) groups is 1. The maximum atomic E-state index is 12.6. The molecule has 6 rings (SSSR count). The molecule has 0 radical (unpaired) electrons. The maximum absolute atomic E-state index is 12.6. The molecule has 2 aromatic rings. The van der Waals surface area contributed by atoms with Crippen LogP contribution in [0.3, 0.4) is 0 Å². The summed E-state index contributed by atoms with van der Waals surface area (Å²) in [4.78, 5) is 24.9. The molecular formula is C17H19N5O2. The molecule has 2 heterocycles. The van der Waals surface area contributed by atoms with Gasteiger partial charge in [-0.05, 0) is 56.3 Å². The summed E-state index contributed by atoms with van der Waals surface area (Å²) in [6.07, 6.45) is 12.0. The highest BCUT2D eigenvalue weighted by Crippen LogP contribution is 2.55. The van der Waals surface area contributed by atoms with Gasteiger partial charge in [0.15, 0.2) is 0 Å². The van der Waals surface area contributed by atoms with Crippen LogP contribution < -0.4 is 5.32 Å². The number of nitrogens with one attached hydrogen (secondary N) is 1. The zero-order valence-electron chi connectivity index (χ0n) is 13.3. The molecule has 124 valence electrons. The van der Waals surface area contributed by atoms with Crippen LogP contribution in [0.15, 0.2) is 23.1 Å². The molecule has 4 saturated carbocycles. The van der Waals surface area contributed by atoms with E-state index in [1.165, 1.54) is 19.3 Å². The average molecular weight is 325 g/mol. The monoisotopic (exact) mass is 325 g/mol. The summed E-state index contributed by atoms with van der Waals surface area (Å²) in [6.45, 7) is 0. The molecule has 4 aliphatic carbocycles. The Hall–Kier alpha value is -2.31. The van der Waals surface area contributed by atoms with Crippen molar-refractivity contribution >= 4 is 5.91 Å². The quantitative estimate of drug-likeness (QED) is 0.930. The largest absolute Gasteiger partial charge is 0.342 e. The van der Waals surface area contributed by atoms with Gasteiger partial charge in [-0.2, -0.15) is 4.98 Å². The number of hydrogen-bond acceptors (Lipinski definition) is 6. The SMILES string of the molecule is O=C(NC12CC3CC(CC(C3)C1)C2)c1nc(-c2cnccn2)no1. The number of carbonyl (C=O) groups excluding carboxylic acids is 1. The lowest BCUT2D eigenvalue weighted by molar-refractivity contribution is -0.0173. The van der Waals surface area contributed by atoms with Gasteiger partial charge in [0.2, 0.25) is 5.82 Å². The fourth-order valence-corrected chi connectivity index (χ4v) is 5.39. The molecule has 4 aliphatic rings. The molecule has 0 aromatic carbocycles. The lowest BCUT2D eigenvalue weighted by Gasteiger charge is -2.56. The molecule has 4 fully saturated rings. The zero-order valence-corrected chi connectivity index (χ0v) is 13.3. The third-order valence-corrected chi connectivity index (χ3v) is 5.83. The van der Waals surface area contributed by atoms with Crippen LogP contribution in [-0.2, 0) is 0 Å². The molecular weight excluding hydrogens is 306 g/mol. The fraction of sp³-hybridized carbons (Fsp3) is 0.588. The number of nitrogens with zero attached hydrogens (tertiary/aromatic N) is 4. The second-order valence-corrected chi connectivity index (χ2v) is 7.67. The smallest absolute Gasteiger partial charge is 0.316 e. The van der Waals surface area contributed by atoms with Crippen molar-refractivity contribution in [1.82, 2.24) is 25.4 Å². The average Bonchev–Trinajstić information content (AvgIpc) is 3.04. The Labute approximate surface area is 139 Å².